The number of nitrogens with two attached hydrogens (primary N) is 1. The third kappa shape index (κ3) is 2.41. The van der Waals surface area contributed by atoms with Gasteiger partial charge in [0.05, 0.1) is 0 Å². The Morgan fingerprint density at radius 1 is 1.21 bits per heavy atom. The van der Waals surface area contributed by atoms with Crippen LogP contribution in [-0.2, 0) is 0 Å². The number of hydrogen-bond donors (Lipinski definition) is 1. The van der Waals surface area contributed by atoms with Crippen LogP contribution in [0, 0.1) is 5.41 Å². The van der Waals surface area contributed by atoms with Gasteiger partial charge in [0.25, 0.3) is 0 Å². The SMILES string of the molecule is CC1(C)CC(c2cncc3ccccc23)=CC(N)C1. The second-order valence-electron chi connectivity index (χ2n) is 6.31. The number of nitrogens with zero attached hydrogens (tertiary/aromatic N) is 1. The van der Waals surface area contributed by atoms with Crippen molar-refractivity contribution < 1.29 is 0 Å². The molecule has 2 nitrogen and oxygen atoms in total. The van der Waals surface area contributed by atoms with Crippen LogP contribution in [0.15, 0.2) is 42.7 Å². The van der Waals surface area contributed by atoms with Gasteiger partial charge >= 0.3 is 0 Å². The average molecular weight is 252 g/mol. The van der Waals surface area contributed by atoms with Crippen LogP contribution in [0.5, 0.6) is 0 Å². The molecule has 0 spiro atoms. The van der Waals surface area contributed by atoms with Crippen molar-refractivity contribution in [2.75, 3.05) is 0 Å². The monoisotopic (exact) mass is 252 g/mol. The van der Waals surface area contributed by atoms with E-state index in [-0.39, 0.29) is 11.5 Å². The third-order valence-electron chi connectivity index (χ3n) is 3.89. The number of pyridine rings is 1. The third-order valence-corrected chi connectivity index (χ3v) is 3.89. The van der Waals surface area contributed by atoms with Gasteiger partial charge in [-0.2, -0.15) is 0 Å². The number of allylic oxidation sites excluding steroid dienone is 1. The van der Waals surface area contributed by atoms with Crippen molar-refractivity contribution in [1.29, 1.82) is 0 Å². The Kier molecular flexibility index (Phi) is 2.90. The molecule has 0 saturated heterocycles. The van der Waals surface area contributed by atoms with Gasteiger partial charge in [0.15, 0.2) is 0 Å². The summed E-state index contributed by atoms with van der Waals surface area (Å²) in [5.41, 5.74) is 9.03. The van der Waals surface area contributed by atoms with E-state index in [1.54, 1.807) is 0 Å². The minimum Gasteiger partial charge on any atom is -0.324 e. The van der Waals surface area contributed by atoms with E-state index in [2.05, 4.69) is 49.2 Å². The second kappa shape index (κ2) is 4.46. The lowest BCUT2D eigenvalue weighted by atomic mass is 9.74. The van der Waals surface area contributed by atoms with Crippen molar-refractivity contribution in [2.45, 2.75) is 32.7 Å². The van der Waals surface area contributed by atoms with E-state index in [0.717, 1.165) is 12.8 Å². The summed E-state index contributed by atoms with van der Waals surface area (Å²) >= 11 is 0. The summed E-state index contributed by atoms with van der Waals surface area (Å²) < 4.78 is 0. The van der Waals surface area contributed by atoms with Crippen molar-refractivity contribution in [3.8, 4) is 0 Å². The molecule has 1 aliphatic carbocycles. The highest BCUT2D eigenvalue weighted by atomic mass is 14.6. The van der Waals surface area contributed by atoms with Crippen molar-refractivity contribution in [3.63, 3.8) is 0 Å². The molecule has 1 aromatic heterocycles. The van der Waals surface area contributed by atoms with Crippen molar-refractivity contribution in [3.05, 3.63) is 48.3 Å². The molecule has 1 aromatic carbocycles. The summed E-state index contributed by atoms with van der Waals surface area (Å²) in [4.78, 5) is 4.38. The van der Waals surface area contributed by atoms with E-state index >= 15 is 0 Å². The molecule has 1 atom stereocenters. The van der Waals surface area contributed by atoms with E-state index in [4.69, 9.17) is 5.73 Å². The normalized spacial score (nSPS) is 22.3. The molecule has 0 fully saturated rings. The fourth-order valence-corrected chi connectivity index (χ4v) is 3.16. The predicted molar refractivity (Wildman–Crippen MR) is 80.7 cm³/mol. The second-order valence-corrected chi connectivity index (χ2v) is 6.31. The Balaban J connectivity index is 2.14. The van der Waals surface area contributed by atoms with Crippen molar-refractivity contribution in [2.24, 2.45) is 11.1 Å². The highest BCUT2D eigenvalue weighted by Crippen LogP contribution is 2.40. The summed E-state index contributed by atoms with van der Waals surface area (Å²) in [5, 5.41) is 2.46. The quantitative estimate of drug-likeness (QED) is 0.839. The zero-order chi connectivity index (χ0) is 13.5. The molecular weight excluding hydrogens is 232 g/mol. The zero-order valence-corrected chi connectivity index (χ0v) is 11.6. The predicted octanol–water partition coefficient (Wildman–Crippen LogP) is 3.77. The Morgan fingerprint density at radius 2 is 2.00 bits per heavy atom. The molecule has 98 valence electrons. The van der Waals surface area contributed by atoms with Gasteiger partial charge in [-0.1, -0.05) is 44.2 Å². The molecule has 0 saturated carbocycles. The van der Waals surface area contributed by atoms with Crippen LogP contribution in [0.1, 0.15) is 32.3 Å². The molecule has 2 aromatic rings. The maximum Gasteiger partial charge on any atom is 0.0349 e. The summed E-state index contributed by atoms with van der Waals surface area (Å²) in [6.07, 6.45) is 8.23. The highest BCUT2D eigenvalue weighted by Gasteiger charge is 2.28. The fraction of sp³-hybridized carbons (Fsp3) is 0.353. The van der Waals surface area contributed by atoms with Crippen molar-refractivity contribution >= 4 is 16.3 Å². The number of benzene rings is 1. The molecule has 2 heteroatoms. The minimum absolute atomic E-state index is 0.151. The fourth-order valence-electron chi connectivity index (χ4n) is 3.16. The maximum atomic E-state index is 6.19. The number of aromatic nitrogens is 1. The molecule has 1 heterocycles. The number of rotatable bonds is 1. The molecule has 3 rings (SSSR count). The van der Waals surface area contributed by atoms with Gasteiger partial charge in [-0.25, -0.2) is 0 Å². The van der Waals surface area contributed by atoms with Gasteiger partial charge in [-0.3, -0.25) is 4.98 Å². The Labute approximate surface area is 114 Å². The van der Waals surface area contributed by atoms with Crippen LogP contribution in [0.3, 0.4) is 0 Å². The molecule has 19 heavy (non-hydrogen) atoms. The van der Waals surface area contributed by atoms with Gasteiger partial charge in [0.1, 0.15) is 0 Å². The van der Waals surface area contributed by atoms with Gasteiger partial charge in [-0.15, -0.1) is 0 Å². The van der Waals surface area contributed by atoms with Gasteiger partial charge in [0, 0.05) is 29.4 Å². The average Bonchev–Trinajstić information content (AvgIpc) is 2.35. The first-order valence-corrected chi connectivity index (χ1v) is 6.85. The van der Waals surface area contributed by atoms with Crippen molar-refractivity contribution in [1.82, 2.24) is 4.98 Å². The first-order valence-electron chi connectivity index (χ1n) is 6.85. The van der Waals surface area contributed by atoms with Gasteiger partial charge in [0.2, 0.25) is 0 Å². The first-order chi connectivity index (χ1) is 9.05. The van der Waals surface area contributed by atoms with E-state index < -0.39 is 0 Å². The number of hydrogen-bond acceptors (Lipinski definition) is 2. The lowest BCUT2D eigenvalue weighted by Gasteiger charge is -2.33. The minimum atomic E-state index is 0.151. The maximum absolute atomic E-state index is 6.19. The zero-order valence-electron chi connectivity index (χ0n) is 11.6. The van der Waals surface area contributed by atoms with Gasteiger partial charge in [-0.05, 0) is 29.2 Å². The largest absolute Gasteiger partial charge is 0.324 e. The molecule has 2 N–H and O–H groups in total. The van der Waals surface area contributed by atoms with E-state index in [1.165, 1.54) is 21.9 Å². The van der Waals surface area contributed by atoms with Crippen LogP contribution in [0.4, 0.5) is 0 Å². The molecule has 0 bridgehead atoms. The first kappa shape index (κ1) is 12.4. The molecule has 0 amide bonds. The highest BCUT2D eigenvalue weighted by molar-refractivity contribution is 5.93. The molecule has 0 aliphatic heterocycles. The Bertz CT molecular complexity index is 635. The van der Waals surface area contributed by atoms with E-state index in [0.29, 0.717) is 0 Å². The van der Waals surface area contributed by atoms with Crippen LogP contribution < -0.4 is 5.73 Å². The molecule has 0 radical (unpaired) electrons. The summed E-state index contributed by atoms with van der Waals surface area (Å²) in [6, 6.07) is 8.57. The van der Waals surface area contributed by atoms with Crippen LogP contribution in [0.25, 0.3) is 16.3 Å². The summed E-state index contributed by atoms with van der Waals surface area (Å²) in [6.45, 7) is 4.58. The number of fused-ring (bicyclic) bond motifs is 1. The smallest absolute Gasteiger partial charge is 0.0349 e. The lowest BCUT2D eigenvalue weighted by Crippen LogP contribution is -2.30. The van der Waals surface area contributed by atoms with Crippen LogP contribution in [-0.4, -0.2) is 11.0 Å². The Morgan fingerprint density at radius 3 is 2.79 bits per heavy atom. The molecule has 1 aliphatic rings. The molecule has 1 unspecified atom stereocenters. The lowest BCUT2D eigenvalue weighted by molar-refractivity contribution is 0.319. The van der Waals surface area contributed by atoms with E-state index in [9.17, 15) is 0 Å². The summed E-state index contributed by atoms with van der Waals surface area (Å²) in [7, 11) is 0. The standard InChI is InChI=1S/C17H20N2/c1-17(2)8-13(7-14(18)9-17)16-11-19-10-12-5-3-4-6-15(12)16/h3-7,10-11,14H,8-9,18H2,1-2H3. The van der Waals surface area contributed by atoms with Crippen LogP contribution in [0.2, 0.25) is 0 Å². The van der Waals surface area contributed by atoms with Crippen LogP contribution >= 0.6 is 0 Å². The summed E-state index contributed by atoms with van der Waals surface area (Å²) in [5.74, 6) is 0. The van der Waals surface area contributed by atoms with E-state index in [1.807, 2.05) is 12.4 Å². The Hall–Kier alpha value is -1.67. The molecular formula is C17H20N2. The topological polar surface area (TPSA) is 38.9 Å². The van der Waals surface area contributed by atoms with Gasteiger partial charge < -0.3 is 5.73 Å².